The van der Waals surface area contributed by atoms with Crippen molar-refractivity contribution in [2.24, 2.45) is 4.99 Å². The summed E-state index contributed by atoms with van der Waals surface area (Å²) in [6.07, 6.45) is 2.43. The lowest BCUT2D eigenvalue weighted by Crippen LogP contribution is -2.35. The molecule has 0 aliphatic rings. The molecule has 0 bridgehead atoms. The molecule has 0 aliphatic heterocycles. The van der Waals surface area contributed by atoms with Gasteiger partial charge in [-0.2, -0.15) is 13.7 Å². The first-order valence-corrected chi connectivity index (χ1v) is 11.3. The lowest BCUT2D eigenvalue weighted by atomic mass is 10.1. The Bertz CT molecular complexity index is 863. The molecule has 1 rings (SSSR count). The van der Waals surface area contributed by atoms with Crippen LogP contribution < -0.4 is 10.0 Å². The van der Waals surface area contributed by atoms with Crippen molar-refractivity contribution >= 4 is 28.1 Å². The first-order valence-electron chi connectivity index (χ1n) is 9.89. The summed E-state index contributed by atoms with van der Waals surface area (Å²) >= 11 is 0. The highest BCUT2D eigenvalue weighted by molar-refractivity contribution is 7.80. The Morgan fingerprint density at radius 3 is 2.16 bits per heavy atom. The van der Waals surface area contributed by atoms with E-state index in [0.29, 0.717) is 6.54 Å². The molecule has 0 saturated carbocycles. The van der Waals surface area contributed by atoms with Gasteiger partial charge in [0.2, 0.25) is 0 Å². The third kappa shape index (κ3) is 13.5. The quantitative estimate of drug-likeness (QED) is 0.142. The van der Waals surface area contributed by atoms with Crippen molar-refractivity contribution < 1.29 is 26.7 Å². The SMILES string of the molecule is CCN(CC)c1ccc(C=C(C#N)C([O-])=NCCC[N+](C)(C)C)cc1.COS(=O)(=O)O. The number of nitrogens with zero attached hydrogens (tertiary/aromatic N) is 4. The fourth-order valence-corrected chi connectivity index (χ4v) is 2.49. The number of nitriles is 1. The largest absolute Gasteiger partial charge is 0.858 e. The van der Waals surface area contributed by atoms with E-state index in [1.54, 1.807) is 6.08 Å². The predicted octanol–water partition coefficient (Wildman–Crippen LogP) is 1.73. The second-order valence-electron chi connectivity index (χ2n) is 7.58. The molecule has 0 heterocycles. The molecule has 0 amide bonds. The Morgan fingerprint density at radius 2 is 1.77 bits per heavy atom. The van der Waals surface area contributed by atoms with E-state index in [2.05, 4.69) is 49.1 Å². The van der Waals surface area contributed by atoms with Gasteiger partial charge in [-0.15, -0.1) is 0 Å². The molecule has 0 radical (unpaired) electrons. The van der Waals surface area contributed by atoms with E-state index >= 15 is 0 Å². The van der Waals surface area contributed by atoms with Gasteiger partial charge in [0.1, 0.15) is 6.07 Å². The summed E-state index contributed by atoms with van der Waals surface area (Å²) in [6.45, 7) is 7.51. The van der Waals surface area contributed by atoms with Crippen LogP contribution in [0.4, 0.5) is 5.69 Å². The van der Waals surface area contributed by atoms with Crippen LogP contribution in [-0.2, 0) is 14.6 Å². The molecular formula is C21H34N4O5S. The van der Waals surface area contributed by atoms with Gasteiger partial charge in [-0.3, -0.25) is 13.7 Å². The second kappa shape index (κ2) is 13.8. The molecule has 1 aromatic carbocycles. The molecular weight excluding hydrogens is 420 g/mol. The van der Waals surface area contributed by atoms with E-state index in [1.807, 2.05) is 30.3 Å². The number of hydrogen-bond acceptors (Lipinski definition) is 7. The highest BCUT2D eigenvalue weighted by atomic mass is 32.3. The number of hydrogen-bond donors (Lipinski definition) is 1. The highest BCUT2D eigenvalue weighted by Crippen LogP contribution is 2.16. The minimum absolute atomic E-state index is 0.0841. The van der Waals surface area contributed by atoms with E-state index in [4.69, 9.17) is 4.55 Å². The van der Waals surface area contributed by atoms with Crippen LogP contribution >= 0.6 is 0 Å². The van der Waals surface area contributed by atoms with Gasteiger partial charge in [0.15, 0.2) is 0 Å². The standard InChI is InChI=1S/C20H30N4O.CH4O4S/c1-6-23(7-2)19-11-9-17(10-12-19)15-18(16-21)20(25)22-13-8-14-24(3,4)5;1-5-6(2,3)4/h9-12,15H,6-8,13-14H2,1-5H3;1H3,(H,2,3,4). The first-order chi connectivity index (χ1) is 14.4. The second-order valence-corrected chi connectivity index (χ2v) is 8.77. The smallest absolute Gasteiger partial charge is 0.397 e. The third-order valence-corrected chi connectivity index (χ3v) is 4.56. The maximum Gasteiger partial charge on any atom is 0.397 e. The van der Waals surface area contributed by atoms with Crippen molar-refractivity contribution in [1.29, 1.82) is 5.26 Å². The summed E-state index contributed by atoms with van der Waals surface area (Å²) in [5.74, 6) is -0.434. The number of benzene rings is 1. The van der Waals surface area contributed by atoms with E-state index in [9.17, 15) is 18.8 Å². The maximum absolute atomic E-state index is 12.1. The van der Waals surface area contributed by atoms with Gasteiger partial charge in [0.25, 0.3) is 0 Å². The van der Waals surface area contributed by atoms with Crippen LogP contribution in [0.15, 0.2) is 34.8 Å². The molecule has 174 valence electrons. The monoisotopic (exact) mass is 454 g/mol. The molecule has 0 fully saturated rings. The Morgan fingerprint density at radius 1 is 1.26 bits per heavy atom. The Balaban J connectivity index is 0.00000131. The lowest BCUT2D eigenvalue weighted by molar-refractivity contribution is -0.870. The van der Waals surface area contributed by atoms with E-state index in [1.165, 1.54) is 0 Å². The zero-order valence-corrected chi connectivity index (χ0v) is 20.0. The van der Waals surface area contributed by atoms with Gasteiger partial charge in [0.05, 0.1) is 40.4 Å². The van der Waals surface area contributed by atoms with Crippen LogP contribution in [0.2, 0.25) is 0 Å². The molecule has 1 aromatic rings. The molecule has 0 aromatic heterocycles. The molecule has 31 heavy (non-hydrogen) atoms. The molecule has 0 atom stereocenters. The first kappa shape index (κ1) is 28.5. The average molecular weight is 455 g/mol. The zero-order chi connectivity index (χ0) is 24.1. The maximum atomic E-state index is 12.1. The summed E-state index contributed by atoms with van der Waals surface area (Å²) in [5.41, 5.74) is 2.06. The zero-order valence-electron chi connectivity index (χ0n) is 19.2. The third-order valence-electron chi connectivity index (χ3n) is 4.14. The van der Waals surface area contributed by atoms with Gasteiger partial charge in [0, 0.05) is 31.7 Å². The van der Waals surface area contributed by atoms with Crippen molar-refractivity contribution in [3.8, 4) is 6.07 Å². The van der Waals surface area contributed by atoms with E-state index in [-0.39, 0.29) is 5.57 Å². The average Bonchev–Trinajstić information content (AvgIpc) is 2.70. The number of aliphatic imine (C=N–C) groups is 1. The molecule has 9 nitrogen and oxygen atoms in total. The summed E-state index contributed by atoms with van der Waals surface area (Å²) < 4.78 is 30.5. The predicted molar refractivity (Wildman–Crippen MR) is 122 cm³/mol. The van der Waals surface area contributed by atoms with Gasteiger partial charge >= 0.3 is 10.4 Å². The topological polar surface area (TPSA) is 126 Å². The van der Waals surface area contributed by atoms with Crippen molar-refractivity contribution in [3.63, 3.8) is 0 Å². The van der Waals surface area contributed by atoms with Crippen LogP contribution in [0.25, 0.3) is 6.08 Å². The fraction of sp³-hybridized carbons (Fsp3) is 0.524. The minimum atomic E-state index is -4.16. The van der Waals surface area contributed by atoms with Crippen molar-refractivity contribution in [2.75, 3.05) is 59.3 Å². The lowest BCUT2D eigenvalue weighted by Gasteiger charge is -2.23. The van der Waals surface area contributed by atoms with Crippen LogP contribution in [0, 0.1) is 11.3 Å². The van der Waals surface area contributed by atoms with Gasteiger partial charge in [-0.25, -0.2) is 0 Å². The van der Waals surface area contributed by atoms with Gasteiger partial charge < -0.3 is 14.5 Å². The van der Waals surface area contributed by atoms with Crippen LogP contribution in [-0.4, -0.2) is 77.8 Å². The van der Waals surface area contributed by atoms with Crippen molar-refractivity contribution in [1.82, 2.24) is 0 Å². The number of quaternary nitrogens is 1. The molecule has 0 spiro atoms. The molecule has 1 N–H and O–H groups in total. The molecule has 0 aliphatic carbocycles. The van der Waals surface area contributed by atoms with E-state index < -0.39 is 16.3 Å². The summed E-state index contributed by atoms with van der Waals surface area (Å²) in [4.78, 5) is 6.26. The molecule has 10 heteroatoms. The van der Waals surface area contributed by atoms with Crippen LogP contribution in [0.3, 0.4) is 0 Å². The minimum Gasteiger partial charge on any atom is -0.858 e. The Kier molecular flexibility index (Phi) is 12.7. The summed E-state index contributed by atoms with van der Waals surface area (Å²) in [6, 6.07) is 9.84. The van der Waals surface area contributed by atoms with Crippen LogP contribution in [0.1, 0.15) is 25.8 Å². The van der Waals surface area contributed by atoms with Crippen LogP contribution in [0.5, 0.6) is 0 Å². The van der Waals surface area contributed by atoms with Gasteiger partial charge in [-0.1, -0.05) is 12.1 Å². The number of anilines is 1. The molecule has 0 saturated heterocycles. The van der Waals surface area contributed by atoms with Gasteiger partial charge in [-0.05, 0) is 43.5 Å². The van der Waals surface area contributed by atoms with Crippen molar-refractivity contribution in [3.05, 3.63) is 35.4 Å². The Hall–Kier alpha value is -2.45. The number of rotatable bonds is 10. The Labute approximate surface area is 186 Å². The molecule has 0 unspecified atom stereocenters. The summed E-state index contributed by atoms with van der Waals surface area (Å²) in [7, 11) is 3.01. The van der Waals surface area contributed by atoms with Crippen molar-refractivity contribution in [2.45, 2.75) is 20.3 Å². The van der Waals surface area contributed by atoms with E-state index in [0.717, 1.165) is 48.9 Å². The summed E-state index contributed by atoms with van der Waals surface area (Å²) in [5, 5.41) is 21.4. The highest BCUT2D eigenvalue weighted by Gasteiger charge is 2.05. The normalized spacial score (nSPS) is 12.6. The fourth-order valence-electron chi connectivity index (χ4n) is 2.49.